The molecule has 0 unspecified atom stereocenters. The second kappa shape index (κ2) is 5.25. The number of aromatic nitrogens is 2. The zero-order chi connectivity index (χ0) is 13.1. The fourth-order valence-corrected chi connectivity index (χ4v) is 2.14. The average Bonchev–Trinajstić information content (AvgIpc) is 2.38. The number of hydrogen-bond donors (Lipinski definition) is 0. The van der Waals surface area contributed by atoms with E-state index in [1.807, 2.05) is 13.8 Å². The Morgan fingerprint density at radius 2 is 2.22 bits per heavy atom. The van der Waals surface area contributed by atoms with E-state index in [0.29, 0.717) is 30.6 Å². The van der Waals surface area contributed by atoms with Gasteiger partial charge in [-0.15, -0.1) is 0 Å². The Balaban J connectivity index is 2.27. The molecule has 1 aliphatic heterocycles. The van der Waals surface area contributed by atoms with E-state index in [2.05, 4.69) is 10.2 Å². The van der Waals surface area contributed by atoms with Gasteiger partial charge in [0.2, 0.25) is 0 Å². The van der Waals surface area contributed by atoms with Gasteiger partial charge in [0.15, 0.2) is 5.78 Å². The van der Waals surface area contributed by atoms with Crippen LogP contribution in [0.2, 0.25) is 0 Å². The summed E-state index contributed by atoms with van der Waals surface area (Å²) in [5.41, 5.74) is 2.00. The lowest BCUT2D eigenvalue weighted by Crippen LogP contribution is -2.40. The molecule has 2 rings (SSSR count). The van der Waals surface area contributed by atoms with Gasteiger partial charge in [-0.25, -0.2) is 0 Å². The first-order valence-corrected chi connectivity index (χ1v) is 6.26. The Morgan fingerprint density at radius 3 is 2.89 bits per heavy atom. The Hall–Kier alpha value is -1.78. The third-order valence-corrected chi connectivity index (χ3v) is 3.10. The molecule has 0 atom stereocenters. The van der Waals surface area contributed by atoms with Crippen LogP contribution in [0.5, 0.6) is 0 Å². The number of hydrogen-bond acceptors (Lipinski definition) is 4. The van der Waals surface area contributed by atoms with Gasteiger partial charge in [0.25, 0.3) is 5.91 Å². The summed E-state index contributed by atoms with van der Waals surface area (Å²) in [6.07, 6.45) is 2.00. The highest BCUT2D eigenvalue weighted by Gasteiger charge is 2.24. The molecular weight excluding hydrogens is 230 g/mol. The number of aryl methyl sites for hydroxylation is 2. The number of carbonyl (C=O) groups excluding carboxylic acids is 2. The molecule has 18 heavy (non-hydrogen) atoms. The molecular formula is C13H17N3O2. The van der Waals surface area contributed by atoms with Crippen LogP contribution >= 0.6 is 0 Å². The van der Waals surface area contributed by atoms with Crippen molar-refractivity contribution in [1.29, 1.82) is 0 Å². The molecule has 0 radical (unpaired) electrons. The van der Waals surface area contributed by atoms with Crippen LogP contribution in [-0.4, -0.2) is 39.9 Å². The van der Waals surface area contributed by atoms with Gasteiger partial charge >= 0.3 is 0 Å². The number of nitrogens with zero attached hydrogens (tertiary/aromatic N) is 3. The number of ketones is 1. The van der Waals surface area contributed by atoms with Crippen molar-refractivity contribution in [3.05, 3.63) is 23.0 Å². The lowest BCUT2D eigenvalue weighted by Gasteiger charge is -2.26. The van der Waals surface area contributed by atoms with Crippen LogP contribution in [0, 0.1) is 6.92 Å². The van der Waals surface area contributed by atoms with Crippen molar-refractivity contribution in [3.63, 3.8) is 0 Å². The normalized spacial score (nSPS) is 15.9. The summed E-state index contributed by atoms with van der Waals surface area (Å²) in [6, 6.07) is 1.76. The van der Waals surface area contributed by atoms with E-state index in [1.165, 1.54) is 0 Å². The third-order valence-electron chi connectivity index (χ3n) is 3.10. The van der Waals surface area contributed by atoms with E-state index in [0.717, 1.165) is 12.1 Å². The van der Waals surface area contributed by atoms with Crippen molar-refractivity contribution >= 4 is 11.7 Å². The van der Waals surface area contributed by atoms with Crippen LogP contribution in [-0.2, 0) is 11.2 Å². The highest BCUT2D eigenvalue weighted by atomic mass is 16.2. The molecule has 0 N–H and O–H groups in total. The second-order valence-corrected chi connectivity index (χ2v) is 4.57. The molecule has 0 aromatic carbocycles. The second-order valence-electron chi connectivity index (χ2n) is 4.57. The van der Waals surface area contributed by atoms with Crippen molar-refractivity contribution < 1.29 is 9.59 Å². The van der Waals surface area contributed by atoms with Gasteiger partial charge in [0.1, 0.15) is 0 Å². The SMILES string of the molecule is CCc1nnc(C)cc1C(=O)N1CCCC(=O)C1. The standard InChI is InChI=1S/C13H17N3O2/c1-3-12-11(7-9(2)14-15-12)13(18)16-6-4-5-10(17)8-16/h7H,3-6,8H2,1-2H3. The van der Waals surface area contributed by atoms with Gasteiger partial charge in [-0.1, -0.05) is 6.92 Å². The summed E-state index contributed by atoms with van der Waals surface area (Å²) < 4.78 is 0. The van der Waals surface area contributed by atoms with E-state index < -0.39 is 0 Å². The summed E-state index contributed by atoms with van der Waals surface area (Å²) in [5.74, 6) is 0.0317. The number of rotatable bonds is 2. The Morgan fingerprint density at radius 1 is 1.44 bits per heavy atom. The summed E-state index contributed by atoms with van der Waals surface area (Å²) in [4.78, 5) is 25.4. The molecule has 1 saturated heterocycles. The summed E-state index contributed by atoms with van der Waals surface area (Å²) in [5, 5.41) is 8.01. The van der Waals surface area contributed by atoms with Crippen molar-refractivity contribution in [2.24, 2.45) is 0 Å². The minimum atomic E-state index is -0.0992. The van der Waals surface area contributed by atoms with Crippen molar-refractivity contribution in [1.82, 2.24) is 15.1 Å². The summed E-state index contributed by atoms with van der Waals surface area (Å²) in [7, 11) is 0. The van der Waals surface area contributed by atoms with E-state index in [4.69, 9.17) is 0 Å². The molecule has 2 heterocycles. The number of likely N-dealkylation sites (tertiary alicyclic amines) is 1. The Bertz CT molecular complexity index is 485. The predicted octanol–water partition coefficient (Wildman–Crippen LogP) is 1.15. The number of carbonyl (C=O) groups is 2. The molecule has 0 saturated carbocycles. The highest BCUT2D eigenvalue weighted by Crippen LogP contribution is 2.14. The van der Waals surface area contributed by atoms with Gasteiger partial charge in [0, 0.05) is 13.0 Å². The first-order chi connectivity index (χ1) is 8.61. The maximum Gasteiger partial charge on any atom is 0.256 e. The fourth-order valence-electron chi connectivity index (χ4n) is 2.14. The monoisotopic (exact) mass is 247 g/mol. The molecule has 1 amide bonds. The molecule has 5 nitrogen and oxygen atoms in total. The van der Waals surface area contributed by atoms with Crippen molar-refractivity contribution in [2.75, 3.05) is 13.1 Å². The van der Waals surface area contributed by atoms with Gasteiger partial charge in [0.05, 0.1) is 23.5 Å². The average molecular weight is 247 g/mol. The van der Waals surface area contributed by atoms with Gasteiger partial charge in [-0.05, 0) is 25.8 Å². The molecule has 1 aliphatic rings. The molecule has 96 valence electrons. The fraction of sp³-hybridized carbons (Fsp3) is 0.538. The smallest absolute Gasteiger partial charge is 0.256 e. The Kier molecular flexibility index (Phi) is 3.69. The molecule has 0 aliphatic carbocycles. The van der Waals surface area contributed by atoms with Crippen LogP contribution in [0.15, 0.2) is 6.07 Å². The largest absolute Gasteiger partial charge is 0.331 e. The minimum absolute atomic E-state index is 0.0992. The lowest BCUT2D eigenvalue weighted by atomic mass is 10.1. The zero-order valence-corrected chi connectivity index (χ0v) is 10.8. The lowest BCUT2D eigenvalue weighted by molar-refractivity contribution is -0.121. The van der Waals surface area contributed by atoms with Crippen molar-refractivity contribution in [2.45, 2.75) is 33.1 Å². The first-order valence-electron chi connectivity index (χ1n) is 6.26. The molecule has 5 heteroatoms. The topological polar surface area (TPSA) is 63.2 Å². The quantitative estimate of drug-likeness (QED) is 0.786. The maximum atomic E-state index is 12.4. The molecule has 1 aromatic rings. The van der Waals surface area contributed by atoms with Crippen LogP contribution < -0.4 is 0 Å². The van der Waals surface area contributed by atoms with Crippen LogP contribution in [0.3, 0.4) is 0 Å². The minimum Gasteiger partial charge on any atom is -0.331 e. The van der Waals surface area contributed by atoms with E-state index in [1.54, 1.807) is 11.0 Å². The molecule has 1 aromatic heterocycles. The van der Waals surface area contributed by atoms with Gasteiger partial charge < -0.3 is 4.90 Å². The van der Waals surface area contributed by atoms with E-state index in [9.17, 15) is 9.59 Å². The van der Waals surface area contributed by atoms with E-state index >= 15 is 0 Å². The number of Topliss-reactive ketones (excluding diaryl/α,β-unsaturated/α-hetero) is 1. The van der Waals surface area contributed by atoms with Crippen LogP contribution in [0.25, 0.3) is 0 Å². The summed E-state index contributed by atoms with van der Waals surface area (Å²) in [6.45, 7) is 4.63. The summed E-state index contributed by atoms with van der Waals surface area (Å²) >= 11 is 0. The zero-order valence-electron chi connectivity index (χ0n) is 10.8. The highest BCUT2D eigenvalue weighted by molar-refractivity contribution is 5.98. The van der Waals surface area contributed by atoms with E-state index in [-0.39, 0.29) is 18.2 Å². The maximum absolute atomic E-state index is 12.4. The van der Waals surface area contributed by atoms with Crippen molar-refractivity contribution in [3.8, 4) is 0 Å². The number of amides is 1. The van der Waals surface area contributed by atoms with Crippen LogP contribution in [0.1, 0.15) is 41.5 Å². The van der Waals surface area contributed by atoms with Crippen LogP contribution in [0.4, 0.5) is 0 Å². The predicted molar refractivity (Wildman–Crippen MR) is 66.3 cm³/mol. The Labute approximate surface area is 106 Å². The first kappa shape index (κ1) is 12.7. The third kappa shape index (κ3) is 2.55. The number of piperidine rings is 1. The van der Waals surface area contributed by atoms with Gasteiger partial charge in [-0.3, -0.25) is 9.59 Å². The molecule has 0 bridgehead atoms. The van der Waals surface area contributed by atoms with Gasteiger partial charge in [-0.2, -0.15) is 10.2 Å². The molecule has 1 fully saturated rings. The molecule has 0 spiro atoms.